The van der Waals surface area contributed by atoms with E-state index in [-0.39, 0.29) is 57.2 Å². The third kappa shape index (κ3) is 17.1. The van der Waals surface area contributed by atoms with Crippen molar-refractivity contribution in [2.75, 3.05) is 69.5 Å². The van der Waals surface area contributed by atoms with E-state index < -0.39 is 116 Å². The van der Waals surface area contributed by atoms with Crippen LogP contribution in [0.25, 0.3) is 0 Å². The summed E-state index contributed by atoms with van der Waals surface area (Å²) in [6.07, 6.45) is 1.23. The zero-order chi connectivity index (χ0) is 57.1. The molecule has 3 fully saturated rings. The average molecular weight is 1300 g/mol. The molecule has 0 aromatic heterocycles. The van der Waals surface area contributed by atoms with Crippen molar-refractivity contribution < 1.29 is 82.9 Å². The van der Waals surface area contributed by atoms with Crippen LogP contribution in [0.5, 0.6) is 0 Å². The third-order valence-electron chi connectivity index (χ3n) is 14.7. The molecule has 16 nitrogen and oxygen atoms in total. The van der Waals surface area contributed by atoms with E-state index in [1.807, 2.05) is 63.7 Å². The fraction of sp³-hybridized carbons (Fsp3) is 0.509. The van der Waals surface area contributed by atoms with E-state index in [1.165, 1.54) is 49.2 Å². The number of nitrogens with zero attached hydrogens (tertiary/aromatic N) is 3. The van der Waals surface area contributed by atoms with Crippen molar-refractivity contribution in [2.45, 2.75) is 120 Å². The number of nitrogens with one attached hydrogen (secondary N) is 4. The second-order valence-corrected chi connectivity index (χ2v) is 28.6. The minimum atomic E-state index is -4.87. The summed E-state index contributed by atoms with van der Waals surface area (Å²) in [5, 5.41) is 16.1. The standard InChI is InChI=1S/C53H67F5IN7O9S4/c1-64(2)25-20-40(34-77-42-15-13-37(54)14-16-42)61-49-45(56)27-44(28-46(49)57)79(73,74)63-51(68)53(75-3)23-8-9-35(19-24-53)36-10-7-22-52(58,30-36)50(67)62-78(71,72)43-17-18-48(47(29-43)59-66(69)70)60-39(21-26-65-31-38(55)32-65)33-76-41-11-5-4-6-12-41/h4-6,11-18,27-29,35-36,38-40,60-61H,7-10,19-26,30-34H2,1-3H3,(H,62,67)(H,63,68)(H,69,70)/t35?,36?,39-,40-,52?,53?/m1/s1. The Bertz CT molecular complexity index is 2970. The van der Waals surface area contributed by atoms with Gasteiger partial charge in [-0.05, 0) is 69.9 Å². The van der Waals surface area contributed by atoms with E-state index in [0.717, 1.165) is 9.79 Å². The monoisotopic (exact) mass is 1300 g/mol. The van der Waals surface area contributed by atoms with Crippen LogP contribution in [0, 0.1) is 37.8 Å². The molecule has 4 aromatic rings. The van der Waals surface area contributed by atoms with Crippen LogP contribution < -0.4 is 41.6 Å². The van der Waals surface area contributed by atoms with Crippen LogP contribution in [0.2, 0.25) is 0 Å². The first-order chi connectivity index (χ1) is 37.5. The number of likely N-dealkylation sites (tertiary alicyclic amines) is 1. The van der Waals surface area contributed by atoms with Crippen LogP contribution in [0.3, 0.4) is 0 Å². The molecule has 0 radical (unpaired) electrons. The third-order valence-corrected chi connectivity index (χ3v) is 21.5. The number of amides is 2. The Morgan fingerprint density at radius 1 is 0.797 bits per heavy atom. The van der Waals surface area contributed by atoms with Gasteiger partial charge in [0.2, 0.25) is 0 Å². The molecule has 79 heavy (non-hydrogen) atoms. The second kappa shape index (κ2) is 27.6. The van der Waals surface area contributed by atoms with Crippen molar-refractivity contribution in [3.63, 3.8) is 0 Å². The quantitative estimate of drug-likeness (QED) is 0.0127. The van der Waals surface area contributed by atoms with Gasteiger partial charge in [-0.2, -0.15) is 0 Å². The molecule has 0 bridgehead atoms. The van der Waals surface area contributed by atoms with E-state index in [4.69, 9.17) is 4.74 Å². The fourth-order valence-electron chi connectivity index (χ4n) is 10.2. The zero-order valence-corrected chi connectivity index (χ0v) is 49.4. The number of carbonyl (C=O) groups is 2. The van der Waals surface area contributed by atoms with E-state index in [0.29, 0.717) is 87.6 Å². The molecule has 0 spiro atoms. The molecule has 1 aliphatic heterocycles. The number of anilines is 2. The summed E-state index contributed by atoms with van der Waals surface area (Å²) in [4.78, 5) is 44.1. The van der Waals surface area contributed by atoms with Gasteiger partial charge in [-0.1, -0.05) is 0 Å². The number of hydrogen-bond donors (Lipinski definition) is 5. The van der Waals surface area contributed by atoms with Gasteiger partial charge in [0.25, 0.3) is 15.9 Å². The number of carbonyl (C=O) groups excluding carboxylic acids is 2. The Balaban J connectivity index is 0.974. The molecule has 2 aliphatic carbocycles. The van der Waals surface area contributed by atoms with Crippen LogP contribution >= 0.6 is 23.5 Å². The van der Waals surface area contributed by atoms with Crippen LogP contribution in [-0.4, -0.2) is 135 Å². The Labute approximate surface area is 477 Å². The first-order valence-corrected chi connectivity index (χ1v) is 32.9. The summed E-state index contributed by atoms with van der Waals surface area (Å²) in [6, 6.07) is 19.7. The Morgan fingerprint density at radius 3 is 2.04 bits per heavy atom. The van der Waals surface area contributed by atoms with Crippen LogP contribution in [0.4, 0.5) is 33.3 Å². The maximum atomic E-state index is 16.9. The number of ether oxygens (including phenoxy) is 1. The molecule has 2 amide bonds. The van der Waals surface area contributed by atoms with Gasteiger partial charge < -0.3 is 15.0 Å². The molecule has 5 N–H and O–H groups in total. The summed E-state index contributed by atoms with van der Waals surface area (Å²) in [5.74, 6) is -5.11. The predicted octanol–water partition coefficient (Wildman–Crippen LogP) is 5.76. The molecular weight excluding hydrogens is 1230 g/mol. The molecule has 4 unspecified atom stereocenters. The second-order valence-electron chi connectivity index (χ2n) is 20.6. The van der Waals surface area contributed by atoms with Gasteiger partial charge in [-0.25, -0.2) is 26.3 Å². The van der Waals surface area contributed by atoms with Gasteiger partial charge in [-0.15, -0.1) is 11.8 Å². The Kier molecular flexibility index (Phi) is 21.8. The number of rotatable bonds is 26. The molecule has 26 heteroatoms. The SMILES string of the molecule is COC1(C(=O)NS(=O)(=O)c2cc(F)c(N[C@H](CCN(C)C)CSc3ccc(F)cc3)c(F)c2)CCCC(C2CCCC(F)(C(=O)NS(=O)(=O)c3ccc(N[C@H](CCN4CC(F)C4)CSc4ccccc4)c([I-][N+](=O)O)c3)C2)CC1. The number of methoxy groups -OCH3 is 1. The fourth-order valence-corrected chi connectivity index (χ4v) is 16.0. The van der Waals surface area contributed by atoms with E-state index in [1.54, 1.807) is 23.9 Å². The molecule has 4 aromatic carbocycles. The summed E-state index contributed by atoms with van der Waals surface area (Å²) < 4.78 is 140. The summed E-state index contributed by atoms with van der Waals surface area (Å²) in [7, 11) is -4.68. The minimum absolute atomic E-state index is 0.0310. The van der Waals surface area contributed by atoms with E-state index in [2.05, 4.69) is 10.6 Å². The Hall–Kier alpha value is -4.32. The molecule has 434 valence electrons. The number of thioether (sulfide) groups is 2. The van der Waals surface area contributed by atoms with Crippen molar-refractivity contribution in [1.82, 2.24) is 19.2 Å². The molecule has 3 aliphatic rings. The van der Waals surface area contributed by atoms with E-state index >= 15 is 13.2 Å². The van der Waals surface area contributed by atoms with Crippen LogP contribution in [0.1, 0.15) is 70.6 Å². The summed E-state index contributed by atoms with van der Waals surface area (Å²) in [6.45, 7) is 1.78. The normalized spacial score (nSPS) is 22.1. The maximum absolute atomic E-state index is 16.9. The van der Waals surface area contributed by atoms with Crippen LogP contribution in [-0.2, 0) is 34.4 Å². The molecule has 2 saturated carbocycles. The summed E-state index contributed by atoms with van der Waals surface area (Å²) >= 11 is 1.04. The van der Waals surface area contributed by atoms with E-state index in [9.17, 15) is 45.3 Å². The molecule has 6 atom stereocenters. The molecule has 1 saturated heterocycles. The van der Waals surface area contributed by atoms with Gasteiger partial charge >= 0.3 is 280 Å². The zero-order valence-electron chi connectivity index (χ0n) is 43.9. The first-order valence-electron chi connectivity index (χ1n) is 25.9. The topological polar surface area (TPSA) is 207 Å². The van der Waals surface area contributed by atoms with Gasteiger partial charge in [0.05, 0.1) is 4.90 Å². The van der Waals surface area contributed by atoms with Gasteiger partial charge in [0, 0.05) is 23.8 Å². The van der Waals surface area contributed by atoms with Gasteiger partial charge in [-0.3, -0.25) is 4.79 Å². The van der Waals surface area contributed by atoms with Crippen molar-refractivity contribution in [1.29, 1.82) is 0 Å². The predicted molar refractivity (Wildman–Crippen MR) is 288 cm³/mol. The number of sulfonamides is 2. The average Bonchev–Trinajstić information content (AvgIpc) is 3.65. The molecule has 1 heterocycles. The van der Waals surface area contributed by atoms with Crippen LogP contribution in [0.15, 0.2) is 105 Å². The van der Waals surface area contributed by atoms with Gasteiger partial charge in [0.15, 0.2) is 11.6 Å². The van der Waals surface area contributed by atoms with Crippen molar-refractivity contribution >= 4 is 66.8 Å². The first kappa shape index (κ1) is 62.3. The Morgan fingerprint density at radius 2 is 1.41 bits per heavy atom. The molecule has 7 rings (SSSR count). The molecular formula is C53H67F5IN7O9S4. The number of alkyl halides is 2. The van der Waals surface area contributed by atoms with Gasteiger partial charge in [0.1, 0.15) is 17.1 Å². The van der Waals surface area contributed by atoms with Crippen molar-refractivity contribution in [3.8, 4) is 0 Å². The van der Waals surface area contributed by atoms with Crippen molar-refractivity contribution in [2.24, 2.45) is 11.8 Å². The van der Waals surface area contributed by atoms with Crippen molar-refractivity contribution in [3.05, 3.63) is 111 Å². The number of hydrogen-bond acceptors (Lipinski definition) is 14. The summed E-state index contributed by atoms with van der Waals surface area (Å²) in [5.41, 5.74) is -4.50. The number of halogens is 6. The number of benzene rings is 4.